The molecule has 6 nitrogen and oxygen atoms in total. The Bertz CT molecular complexity index is 419. The highest BCUT2D eigenvalue weighted by Crippen LogP contribution is 2.29. The van der Waals surface area contributed by atoms with Crippen molar-refractivity contribution in [1.82, 2.24) is 19.7 Å². The zero-order valence-corrected chi connectivity index (χ0v) is 9.56. The van der Waals surface area contributed by atoms with Gasteiger partial charge in [0.2, 0.25) is 5.82 Å². The van der Waals surface area contributed by atoms with Crippen molar-refractivity contribution in [2.75, 3.05) is 19.7 Å². The number of aliphatic hydroxyl groups is 1. The third-order valence-electron chi connectivity index (χ3n) is 2.81. The maximum absolute atomic E-state index is 12.6. The Morgan fingerprint density at radius 2 is 2.06 bits per heavy atom. The predicted octanol–water partition coefficient (Wildman–Crippen LogP) is -0.568. The molecule has 1 aliphatic heterocycles. The molecule has 0 amide bonds. The summed E-state index contributed by atoms with van der Waals surface area (Å²) in [4.78, 5) is 1.85. The lowest BCUT2D eigenvalue weighted by molar-refractivity contribution is -0.148. The van der Waals surface area contributed by atoms with Crippen LogP contribution in [0.15, 0.2) is 0 Å². The fourth-order valence-electron chi connectivity index (χ4n) is 1.96. The number of aliphatic hydroxyl groups excluding tert-OH is 1. The van der Waals surface area contributed by atoms with Gasteiger partial charge in [0.15, 0.2) is 0 Å². The molecule has 0 saturated carbocycles. The molecule has 0 aromatic carbocycles. The van der Waals surface area contributed by atoms with E-state index >= 15 is 0 Å². The number of halogens is 3. The molecule has 0 fully saturated rings. The first-order valence-electron chi connectivity index (χ1n) is 5.50. The first-order chi connectivity index (χ1) is 8.41. The molecule has 0 radical (unpaired) electrons. The number of aromatic nitrogens is 3. The van der Waals surface area contributed by atoms with Gasteiger partial charge in [-0.05, 0) is 0 Å². The number of hydrogen-bond acceptors (Lipinski definition) is 5. The molecule has 1 unspecified atom stereocenters. The van der Waals surface area contributed by atoms with E-state index in [-0.39, 0.29) is 25.5 Å². The summed E-state index contributed by atoms with van der Waals surface area (Å²) in [6.45, 7) is 1.13. The van der Waals surface area contributed by atoms with E-state index in [0.29, 0.717) is 13.1 Å². The normalized spacial score (nSPS) is 18.7. The molecular formula is C9H14F3N5O. The second-order valence-corrected chi connectivity index (χ2v) is 4.27. The Morgan fingerprint density at radius 1 is 1.33 bits per heavy atom. The summed E-state index contributed by atoms with van der Waals surface area (Å²) in [5.41, 5.74) is 5.58. The first-order valence-corrected chi connectivity index (χ1v) is 5.50. The summed E-state index contributed by atoms with van der Waals surface area (Å²) in [7, 11) is 0. The van der Waals surface area contributed by atoms with Crippen LogP contribution < -0.4 is 5.73 Å². The second kappa shape index (κ2) is 4.82. The average molecular weight is 265 g/mol. The van der Waals surface area contributed by atoms with Gasteiger partial charge >= 0.3 is 6.18 Å². The molecule has 18 heavy (non-hydrogen) atoms. The molecule has 2 rings (SSSR count). The van der Waals surface area contributed by atoms with Crippen molar-refractivity contribution in [2.24, 2.45) is 5.73 Å². The van der Waals surface area contributed by atoms with Crippen LogP contribution >= 0.6 is 0 Å². The van der Waals surface area contributed by atoms with Crippen molar-refractivity contribution in [3.05, 3.63) is 11.6 Å². The molecule has 2 heterocycles. The van der Waals surface area contributed by atoms with Crippen LogP contribution in [0.1, 0.15) is 11.6 Å². The maximum Gasteiger partial charge on any atom is 0.451 e. The summed E-state index contributed by atoms with van der Waals surface area (Å²) in [5, 5.41) is 15.6. The largest absolute Gasteiger partial charge is 0.451 e. The molecule has 0 aliphatic carbocycles. The van der Waals surface area contributed by atoms with Crippen LogP contribution in [0.5, 0.6) is 0 Å². The van der Waals surface area contributed by atoms with Crippen LogP contribution in [-0.2, 0) is 19.3 Å². The summed E-state index contributed by atoms with van der Waals surface area (Å²) in [6, 6.07) is -0.401. The highest BCUT2D eigenvalue weighted by Gasteiger charge is 2.39. The molecular weight excluding hydrogens is 251 g/mol. The van der Waals surface area contributed by atoms with E-state index in [4.69, 9.17) is 10.8 Å². The summed E-state index contributed by atoms with van der Waals surface area (Å²) in [6.07, 6.45) is -4.48. The van der Waals surface area contributed by atoms with E-state index in [0.717, 1.165) is 4.57 Å². The van der Waals surface area contributed by atoms with Gasteiger partial charge in [-0.3, -0.25) is 4.90 Å². The smallest absolute Gasteiger partial charge is 0.395 e. The van der Waals surface area contributed by atoms with E-state index in [1.807, 2.05) is 4.90 Å². The van der Waals surface area contributed by atoms with Crippen LogP contribution in [-0.4, -0.2) is 50.5 Å². The van der Waals surface area contributed by atoms with Crippen molar-refractivity contribution in [1.29, 1.82) is 0 Å². The van der Waals surface area contributed by atoms with Gasteiger partial charge < -0.3 is 15.4 Å². The maximum atomic E-state index is 12.6. The minimum absolute atomic E-state index is 0.156. The molecule has 1 atom stereocenters. The van der Waals surface area contributed by atoms with E-state index < -0.39 is 18.0 Å². The molecule has 3 N–H and O–H groups in total. The van der Waals surface area contributed by atoms with Crippen molar-refractivity contribution >= 4 is 0 Å². The Hall–Kier alpha value is -1.19. The van der Waals surface area contributed by atoms with Gasteiger partial charge in [-0.25, -0.2) is 0 Å². The van der Waals surface area contributed by atoms with E-state index in [1.54, 1.807) is 0 Å². The highest BCUT2D eigenvalue weighted by atomic mass is 19.4. The number of hydrogen-bond donors (Lipinski definition) is 2. The van der Waals surface area contributed by atoms with Crippen LogP contribution in [0.3, 0.4) is 0 Å². The monoisotopic (exact) mass is 265 g/mol. The Kier molecular flexibility index (Phi) is 3.55. The van der Waals surface area contributed by atoms with Crippen LogP contribution in [0.4, 0.5) is 13.2 Å². The zero-order chi connectivity index (χ0) is 13.3. The number of nitrogens with two attached hydrogens (primary N) is 1. The zero-order valence-electron chi connectivity index (χ0n) is 9.56. The fourth-order valence-corrected chi connectivity index (χ4v) is 1.96. The van der Waals surface area contributed by atoms with Crippen LogP contribution in [0, 0.1) is 0 Å². The quantitative estimate of drug-likeness (QED) is 0.765. The second-order valence-electron chi connectivity index (χ2n) is 4.27. The molecule has 0 saturated heterocycles. The van der Waals surface area contributed by atoms with Gasteiger partial charge in [-0.1, -0.05) is 0 Å². The fraction of sp³-hybridized carbons (Fsp3) is 0.778. The van der Waals surface area contributed by atoms with Gasteiger partial charge in [0.1, 0.15) is 5.82 Å². The molecule has 1 aliphatic rings. The lowest BCUT2D eigenvalue weighted by Crippen LogP contribution is -2.43. The number of fused-ring (bicyclic) bond motifs is 1. The molecule has 0 bridgehead atoms. The Labute approximate surface area is 101 Å². The summed E-state index contributed by atoms with van der Waals surface area (Å²) < 4.78 is 38.8. The van der Waals surface area contributed by atoms with Gasteiger partial charge in [-0.2, -0.15) is 13.2 Å². The SMILES string of the molecule is NC(CO)CN1CCn2c(nnc2C(F)(F)F)C1. The minimum atomic E-state index is -4.48. The van der Waals surface area contributed by atoms with Gasteiger partial charge in [0, 0.05) is 25.7 Å². The van der Waals surface area contributed by atoms with Gasteiger partial charge in [0.25, 0.3) is 0 Å². The molecule has 0 spiro atoms. The lowest BCUT2D eigenvalue weighted by Gasteiger charge is -2.29. The number of rotatable bonds is 3. The molecule has 9 heteroatoms. The Balaban J connectivity index is 2.10. The highest BCUT2D eigenvalue weighted by molar-refractivity contribution is 5.02. The minimum Gasteiger partial charge on any atom is -0.395 e. The molecule has 1 aromatic heterocycles. The van der Waals surface area contributed by atoms with E-state index in [1.165, 1.54) is 0 Å². The van der Waals surface area contributed by atoms with Crippen molar-refractivity contribution in [3.8, 4) is 0 Å². The first kappa shape index (κ1) is 13.2. The van der Waals surface area contributed by atoms with Crippen molar-refractivity contribution in [3.63, 3.8) is 0 Å². The van der Waals surface area contributed by atoms with E-state index in [9.17, 15) is 13.2 Å². The average Bonchev–Trinajstić information content (AvgIpc) is 2.71. The number of nitrogens with zero attached hydrogens (tertiary/aromatic N) is 4. The third-order valence-corrected chi connectivity index (χ3v) is 2.81. The predicted molar refractivity (Wildman–Crippen MR) is 55.4 cm³/mol. The molecule has 1 aromatic rings. The summed E-state index contributed by atoms with van der Waals surface area (Å²) >= 11 is 0. The lowest BCUT2D eigenvalue weighted by atomic mass is 10.2. The third kappa shape index (κ3) is 2.62. The van der Waals surface area contributed by atoms with E-state index in [2.05, 4.69) is 10.2 Å². The van der Waals surface area contributed by atoms with Gasteiger partial charge in [-0.15, -0.1) is 10.2 Å². The van der Waals surface area contributed by atoms with Gasteiger partial charge in [0.05, 0.1) is 13.2 Å². The topological polar surface area (TPSA) is 80.2 Å². The van der Waals surface area contributed by atoms with Crippen LogP contribution in [0.2, 0.25) is 0 Å². The molecule has 102 valence electrons. The number of alkyl halides is 3. The van der Waals surface area contributed by atoms with Crippen LogP contribution in [0.25, 0.3) is 0 Å². The standard InChI is InChI=1S/C9H14F3N5O/c10-9(11,12)8-15-14-7-4-16(1-2-17(7)8)3-6(13)5-18/h6,18H,1-5,13H2. The van der Waals surface area contributed by atoms with Crippen molar-refractivity contribution in [2.45, 2.75) is 25.3 Å². The van der Waals surface area contributed by atoms with Crippen molar-refractivity contribution < 1.29 is 18.3 Å². The Morgan fingerprint density at radius 3 is 2.67 bits per heavy atom. The summed E-state index contributed by atoms with van der Waals surface area (Å²) in [5.74, 6) is -0.678.